The molecule has 0 heterocycles. The molecule has 2 N–H and O–H groups in total. The van der Waals surface area contributed by atoms with Crippen LogP contribution in [0.25, 0.3) is 0 Å². The van der Waals surface area contributed by atoms with Gasteiger partial charge in [0.15, 0.2) is 0 Å². The van der Waals surface area contributed by atoms with Crippen LogP contribution in [0, 0.1) is 0 Å². The van der Waals surface area contributed by atoms with Gasteiger partial charge < -0.3 is 5.73 Å². The molecule has 0 aliphatic rings. The van der Waals surface area contributed by atoms with E-state index in [0.29, 0.717) is 16.4 Å². The minimum Gasteiger partial charge on any atom is -0.397 e. The number of hydrogen-bond acceptors (Lipinski definition) is 3. The third kappa shape index (κ3) is 2.73. The van der Waals surface area contributed by atoms with Crippen LogP contribution >= 0.6 is 11.6 Å². The first-order valence-corrected chi connectivity index (χ1v) is 7.91. The molecule has 0 radical (unpaired) electrons. The van der Waals surface area contributed by atoms with Crippen LogP contribution in [0.3, 0.4) is 0 Å². The van der Waals surface area contributed by atoms with Crippen molar-refractivity contribution in [2.24, 2.45) is 0 Å². The van der Waals surface area contributed by atoms with Gasteiger partial charge in [-0.15, -0.1) is 0 Å². The standard InChI is InChI=1S/C14H15ClN2O2S/c1-2-17(14-9-4-3-8-13(14)16)20(18,19)12-7-5-6-11(15)10-12/h3-10H,2,16H2,1H3. The molecule has 0 unspecified atom stereocenters. The van der Waals surface area contributed by atoms with Gasteiger partial charge in [0.2, 0.25) is 0 Å². The highest BCUT2D eigenvalue weighted by Gasteiger charge is 2.24. The van der Waals surface area contributed by atoms with Crippen LogP contribution < -0.4 is 10.0 Å². The van der Waals surface area contributed by atoms with Crippen molar-refractivity contribution in [3.8, 4) is 0 Å². The van der Waals surface area contributed by atoms with E-state index in [0.717, 1.165) is 0 Å². The number of benzene rings is 2. The molecule has 0 aliphatic heterocycles. The first-order valence-electron chi connectivity index (χ1n) is 6.09. The summed E-state index contributed by atoms with van der Waals surface area (Å²) >= 11 is 5.87. The molecule has 0 saturated carbocycles. The third-order valence-electron chi connectivity index (χ3n) is 2.88. The average Bonchev–Trinajstić information content (AvgIpc) is 2.41. The van der Waals surface area contributed by atoms with Crippen LogP contribution in [-0.2, 0) is 10.0 Å². The SMILES string of the molecule is CCN(c1ccccc1N)S(=O)(=O)c1cccc(Cl)c1. The quantitative estimate of drug-likeness (QED) is 0.882. The molecule has 6 heteroatoms. The van der Waals surface area contributed by atoms with Gasteiger partial charge in [0.05, 0.1) is 16.3 Å². The number of sulfonamides is 1. The Bertz CT molecular complexity index is 717. The molecule has 0 saturated heterocycles. The Morgan fingerprint density at radius 1 is 1.15 bits per heavy atom. The second-order valence-electron chi connectivity index (χ2n) is 4.19. The number of hydrogen-bond donors (Lipinski definition) is 1. The molecule has 0 aromatic heterocycles. The summed E-state index contributed by atoms with van der Waals surface area (Å²) in [6, 6.07) is 13.1. The lowest BCUT2D eigenvalue weighted by molar-refractivity contribution is 0.592. The van der Waals surface area contributed by atoms with Crippen molar-refractivity contribution in [3.05, 3.63) is 53.6 Å². The fraction of sp³-hybridized carbons (Fsp3) is 0.143. The second kappa shape index (κ2) is 5.73. The van der Waals surface area contributed by atoms with Crippen LogP contribution in [0.1, 0.15) is 6.92 Å². The van der Waals surface area contributed by atoms with E-state index < -0.39 is 10.0 Å². The van der Waals surface area contributed by atoms with Gasteiger partial charge in [0, 0.05) is 11.6 Å². The van der Waals surface area contributed by atoms with Gasteiger partial charge in [-0.3, -0.25) is 4.31 Å². The molecule has 0 aliphatic carbocycles. The van der Waals surface area contributed by atoms with Crippen molar-refractivity contribution in [2.45, 2.75) is 11.8 Å². The van der Waals surface area contributed by atoms with Crippen LogP contribution in [0.5, 0.6) is 0 Å². The fourth-order valence-electron chi connectivity index (χ4n) is 1.94. The van der Waals surface area contributed by atoms with E-state index in [1.165, 1.54) is 16.4 Å². The average molecular weight is 311 g/mol. The summed E-state index contributed by atoms with van der Waals surface area (Å²) in [4.78, 5) is 0.148. The molecular weight excluding hydrogens is 296 g/mol. The first kappa shape index (κ1) is 14.7. The molecule has 2 aromatic carbocycles. The zero-order valence-electron chi connectivity index (χ0n) is 11.0. The topological polar surface area (TPSA) is 63.4 Å². The van der Waals surface area contributed by atoms with Crippen molar-refractivity contribution in [1.29, 1.82) is 0 Å². The van der Waals surface area contributed by atoms with Crippen molar-refractivity contribution in [3.63, 3.8) is 0 Å². The van der Waals surface area contributed by atoms with Crippen LogP contribution in [-0.4, -0.2) is 15.0 Å². The van der Waals surface area contributed by atoms with E-state index in [4.69, 9.17) is 17.3 Å². The Morgan fingerprint density at radius 2 is 1.85 bits per heavy atom. The van der Waals surface area contributed by atoms with Gasteiger partial charge in [0.1, 0.15) is 0 Å². The first-order chi connectivity index (χ1) is 9.46. The molecule has 4 nitrogen and oxygen atoms in total. The largest absolute Gasteiger partial charge is 0.397 e. The zero-order chi connectivity index (χ0) is 14.8. The number of nitrogens with two attached hydrogens (primary N) is 1. The van der Waals surface area contributed by atoms with Crippen molar-refractivity contribution >= 4 is 33.0 Å². The monoisotopic (exact) mass is 310 g/mol. The minimum atomic E-state index is -3.68. The van der Waals surface area contributed by atoms with Gasteiger partial charge in [-0.25, -0.2) is 8.42 Å². The Kier molecular flexibility index (Phi) is 4.20. The fourth-order valence-corrected chi connectivity index (χ4v) is 3.74. The molecule has 20 heavy (non-hydrogen) atoms. The smallest absolute Gasteiger partial charge is 0.264 e. The summed E-state index contributed by atoms with van der Waals surface area (Å²) < 4.78 is 26.6. The van der Waals surface area contributed by atoms with Crippen LogP contribution in [0.4, 0.5) is 11.4 Å². The number of halogens is 1. The van der Waals surface area contributed by atoms with Crippen LogP contribution in [0.15, 0.2) is 53.4 Å². The maximum absolute atomic E-state index is 12.7. The molecule has 0 bridgehead atoms. The lowest BCUT2D eigenvalue weighted by Crippen LogP contribution is -2.31. The normalized spacial score (nSPS) is 11.3. The van der Waals surface area contributed by atoms with Gasteiger partial charge >= 0.3 is 0 Å². The number of nitrogen functional groups attached to an aromatic ring is 1. The Morgan fingerprint density at radius 3 is 2.45 bits per heavy atom. The summed E-state index contributed by atoms with van der Waals surface area (Å²) in [7, 11) is -3.68. The summed E-state index contributed by atoms with van der Waals surface area (Å²) in [5.41, 5.74) is 6.75. The predicted octanol–water partition coefficient (Wildman–Crippen LogP) is 3.14. The molecular formula is C14H15ClN2O2S. The highest BCUT2D eigenvalue weighted by Crippen LogP contribution is 2.29. The Balaban J connectivity index is 2.54. The second-order valence-corrected chi connectivity index (χ2v) is 6.48. The van der Waals surface area contributed by atoms with E-state index in [1.54, 1.807) is 43.3 Å². The van der Waals surface area contributed by atoms with Gasteiger partial charge in [-0.1, -0.05) is 29.8 Å². The zero-order valence-corrected chi connectivity index (χ0v) is 12.5. The number of anilines is 2. The highest BCUT2D eigenvalue weighted by atomic mass is 35.5. The molecule has 0 atom stereocenters. The minimum absolute atomic E-state index is 0.148. The van der Waals surface area contributed by atoms with Crippen molar-refractivity contribution in [2.75, 3.05) is 16.6 Å². The maximum Gasteiger partial charge on any atom is 0.264 e. The molecule has 0 amide bonds. The molecule has 2 rings (SSSR count). The van der Waals surface area contributed by atoms with Gasteiger partial charge in [-0.05, 0) is 37.3 Å². The van der Waals surface area contributed by atoms with E-state index in [-0.39, 0.29) is 11.4 Å². The lowest BCUT2D eigenvalue weighted by Gasteiger charge is -2.24. The van der Waals surface area contributed by atoms with E-state index in [9.17, 15) is 8.42 Å². The predicted molar refractivity (Wildman–Crippen MR) is 82.5 cm³/mol. The molecule has 0 fully saturated rings. The summed E-state index contributed by atoms with van der Waals surface area (Å²) in [5.74, 6) is 0. The Labute approximate surface area is 123 Å². The van der Waals surface area contributed by atoms with Gasteiger partial charge in [-0.2, -0.15) is 0 Å². The number of para-hydroxylation sites is 2. The number of rotatable bonds is 4. The van der Waals surface area contributed by atoms with Gasteiger partial charge in [0.25, 0.3) is 10.0 Å². The maximum atomic E-state index is 12.7. The van der Waals surface area contributed by atoms with Crippen molar-refractivity contribution in [1.82, 2.24) is 0 Å². The number of nitrogens with zero attached hydrogens (tertiary/aromatic N) is 1. The Hall–Kier alpha value is -1.72. The summed E-state index contributed by atoms with van der Waals surface area (Å²) in [6.45, 7) is 2.04. The molecule has 0 spiro atoms. The van der Waals surface area contributed by atoms with Crippen LogP contribution in [0.2, 0.25) is 5.02 Å². The van der Waals surface area contributed by atoms with E-state index in [1.807, 2.05) is 0 Å². The highest BCUT2D eigenvalue weighted by molar-refractivity contribution is 7.92. The van der Waals surface area contributed by atoms with Crippen molar-refractivity contribution < 1.29 is 8.42 Å². The summed E-state index contributed by atoms with van der Waals surface area (Å²) in [6.07, 6.45) is 0. The molecule has 106 valence electrons. The van der Waals surface area contributed by atoms with E-state index in [2.05, 4.69) is 0 Å². The lowest BCUT2D eigenvalue weighted by atomic mass is 10.3. The summed E-state index contributed by atoms with van der Waals surface area (Å²) in [5, 5.41) is 0.378. The third-order valence-corrected chi connectivity index (χ3v) is 5.00. The molecule has 2 aromatic rings. The van der Waals surface area contributed by atoms with E-state index >= 15 is 0 Å².